The maximum absolute atomic E-state index is 12.7. The largest absolute Gasteiger partial charge is 0.378 e. The summed E-state index contributed by atoms with van der Waals surface area (Å²) in [6.45, 7) is 5.46. The van der Waals surface area contributed by atoms with Crippen LogP contribution in [0.2, 0.25) is 0 Å². The summed E-state index contributed by atoms with van der Waals surface area (Å²) in [5.41, 5.74) is 2.56. The second-order valence-electron chi connectivity index (χ2n) is 6.24. The Morgan fingerprint density at radius 1 is 1.36 bits per heavy atom. The molecule has 0 saturated carbocycles. The summed E-state index contributed by atoms with van der Waals surface area (Å²) in [5.74, 6) is 0.234. The van der Waals surface area contributed by atoms with Gasteiger partial charge < -0.3 is 15.0 Å². The maximum atomic E-state index is 12.7. The monoisotopic (exact) mass is 302 g/mol. The normalized spacial score (nSPS) is 25.4. The van der Waals surface area contributed by atoms with Gasteiger partial charge in [-0.25, -0.2) is 0 Å². The van der Waals surface area contributed by atoms with Crippen molar-refractivity contribution >= 4 is 5.91 Å². The molecule has 120 valence electrons. The fourth-order valence-corrected chi connectivity index (χ4v) is 3.39. The first-order valence-electron chi connectivity index (χ1n) is 8.48. The van der Waals surface area contributed by atoms with E-state index in [2.05, 4.69) is 36.5 Å². The quantitative estimate of drug-likeness (QED) is 0.928. The lowest BCUT2D eigenvalue weighted by Gasteiger charge is -2.37. The Kier molecular flexibility index (Phi) is 5.11. The minimum Gasteiger partial charge on any atom is -0.378 e. The third-order valence-electron chi connectivity index (χ3n) is 4.76. The lowest BCUT2D eigenvalue weighted by Crippen LogP contribution is -2.49. The minimum atomic E-state index is 0.130. The van der Waals surface area contributed by atoms with E-state index < -0.39 is 0 Å². The minimum absolute atomic E-state index is 0.130. The van der Waals surface area contributed by atoms with E-state index in [4.69, 9.17) is 4.74 Å². The summed E-state index contributed by atoms with van der Waals surface area (Å²) in [5, 5.41) is 3.42. The highest BCUT2D eigenvalue weighted by molar-refractivity contribution is 5.77. The topological polar surface area (TPSA) is 41.6 Å². The van der Waals surface area contributed by atoms with E-state index >= 15 is 0 Å². The van der Waals surface area contributed by atoms with Crippen LogP contribution in [0.5, 0.6) is 0 Å². The molecule has 0 radical (unpaired) electrons. The van der Waals surface area contributed by atoms with Crippen LogP contribution in [0.15, 0.2) is 24.3 Å². The van der Waals surface area contributed by atoms with Crippen LogP contribution in [0.1, 0.15) is 43.4 Å². The number of piperazine rings is 1. The van der Waals surface area contributed by atoms with Gasteiger partial charge in [-0.2, -0.15) is 0 Å². The summed E-state index contributed by atoms with van der Waals surface area (Å²) >= 11 is 0. The van der Waals surface area contributed by atoms with E-state index in [1.54, 1.807) is 0 Å². The van der Waals surface area contributed by atoms with Crippen molar-refractivity contribution in [3.05, 3.63) is 35.4 Å². The predicted octanol–water partition coefficient (Wildman–Crippen LogP) is 2.29. The molecule has 2 heterocycles. The van der Waals surface area contributed by atoms with Crippen LogP contribution >= 0.6 is 0 Å². The Morgan fingerprint density at radius 2 is 2.18 bits per heavy atom. The van der Waals surface area contributed by atoms with E-state index in [0.717, 1.165) is 45.5 Å². The van der Waals surface area contributed by atoms with Crippen LogP contribution < -0.4 is 5.32 Å². The molecule has 0 aromatic heterocycles. The van der Waals surface area contributed by atoms with Crippen molar-refractivity contribution in [2.75, 3.05) is 26.2 Å². The number of carbonyl (C=O) groups excluding carboxylic acids is 1. The van der Waals surface area contributed by atoms with Gasteiger partial charge in [-0.05, 0) is 30.4 Å². The number of benzene rings is 1. The summed E-state index contributed by atoms with van der Waals surface area (Å²) in [7, 11) is 0. The summed E-state index contributed by atoms with van der Waals surface area (Å²) in [6.07, 6.45) is 3.81. The van der Waals surface area contributed by atoms with Crippen molar-refractivity contribution < 1.29 is 9.53 Å². The van der Waals surface area contributed by atoms with Gasteiger partial charge in [-0.3, -0.25) is 4.79 Å². The van der Waals surface area contributed by atoms with Crippen molar-refractivity contribution in [2.45, 2.75) is 44.8 Å². The van der Waals surface area contributed by atoms with Gasteiger partial charge in [-0.15, -0.1) is 0 Å². The maximum Gasteiger partial charge on any atom is 0.225 e. The van der Waals surface area contributed by atoms with Gasteiger partial charge in [0.15, 0.2) is 0 Å². The third-order valence-corrected chi connectivity index (χ3v) is 4.76. The van der Waals surface area contributed by atoms with Gasteiger partial charge in [-0.1, -0.05) is 31.2 Å². The number of amides is 1. The van der Waals surface area contributed by atoms with Crippen LogP contribution in [0.4, 0.5) is 0 Å². The highest BCUT2D eigenvalue weighted by Crippen LogP contribution is 2.25. The average molecular weight is 302 g/mol. The second-order valence-corrected chi connectivity index (χ2v) is 6.24. The fourth-order valence-electron chi connectivity index (χ4n) is 3.39. The molecule has 1 aromatic rings. The van der Waals surface area contributed by atoms with Gasteiger partial charge in [0, 0.05) is 26.2 Å². The first-order valence-corrected chi connectivity index (χ1v) is 8.48. The summed E-state index contributed by atoms with van der Waals surface area (Å²) in [4.78, 5) is 14.7. The molecule has 2 aliphatic rings. The molecule has 2 aliphatic heterocycles. The van der Waals surface area contributed by atoms with Gasteiger partial charge in [0.2, 0.25) is 5.91 Å². The van der Waals surface area contributed by atoms with Crippen molar-refractivity contribution in [1.82, 2.24) is 10.2 Å². The molecule has 3 rings (SSSR count). The van der Waals surface area contributed by atoms with Crippen molar-refractivity contribution in [3.63, 3.8) is 0 Å². The molecule has 1 amide bonds. The Labute approximate surface area is 132 Å². The van der Waals surface area contributed by atoms with Crippen LogP contribution in [0.25, 0.3) is 0 Å². The lowest BCUT2D eigenvalue weighted by molar-refractivity contribution is -0.136. The van der Waals surface area contributed by atoms with E-state index in [9.17, 15) is 4.79 Å². The first kappa shape index (κ1) is 15.5. The van der Waals surface area contributed by atoms with Crippen molar-refractivity contribution in [2.24, 2.45) is 0 Å². The van der Waals surface area contributed by atoms with Crippen LogP contribution in [0, 0.1) is 0 Å². The highest BCUT2D eigenvalue weighted by Gasteiger charge is 2.30. The Balaban J connectivity index is 1.70. The molecule has 2 fully saturated rings. The van der Waals surface area contributed by atoms with Gasteiger partial charge in [0.05, 0.1) is 18.6 Å². The number of nitrogens with one attached hydrogen (secondary N) is 1. The molecule has 2 saturated heterocycles. The number of ether oxygens (including phenoxy) is 1. The van der Waals surface area contributed by atoms with Crippen molar-refractivity contribution in [3.8, 4) is 0 Å². The highest BCUT2D eigenvalue weighted by atomic mass is 16.5. The Bertz CT molecular complexity index is 494. The number of hydrogen-bond donors (Lipinski definition) is 1. The molecule has 4 nitrogen and oxygen atoms in total. The first-order chi connectivity index (χ1) is 10.8. The van der Waals surface area contributed by atoms with Gasteiger partial charge in [0.1, 0.15) is 0 Å². The Hall–Kier alpha value is -1.39. The molecule has 1 N–H and O–H groups in total. The van der Waals surface area contributed by atoms with Crippen LogP contribution in [-0.2, 0) is 16.0 Å². The number of carbonyl (C=O) groups is 1. The van der Waals surface area contributed by atoms with Gasteiger partial charge >= 0.3 is 0 Å². The summed E-state index contributed by atoms with van der Waals surface area (Å²) in [6, 6.07) is 8.83. The number of aryl methyl sites for hydroxylation is 1. The smallest absolute Gasteiger partial charge is 0.225 e. The molecule has 4 heteroatoms. The molecular formula is C18H26N2O2. The predicted molar refractivity (Wildman–Crippen MR) is 86.7 cm³/mol. The molecule has 0 aliphatic carbocycles. The van der Waals surface area contributed by atoms with Gasteiger partial charge in [0.25, 0.3) is 0 Å². The molecule has 0 spiro atoms. The number of rotatable bonds is 4. The zero-order valence-electron chi connectivity index (χ0n) is 13.4. The van der Waals surface area contributed by atoms with Crippen LogP contribution in [0.3, 0.4) is 0 Å². The Morgan fingerprint density at radius 3 is 2.86 bits per heavy atom. The van der Waals surface area contributed by atoms with E-state index in [1.165, 1.54) is 11.1 Å². The van der Waals surface area contributed by atoms with Crippen molar-refractivity contribution in [1.29, 1.82) is 0 Å². The van der Waals surface area contributed by atoms with E-state index in [-0.39, 0.29) is 18.1 Å². The number of hydrogen-bond acceptors (Lipinski definition) is 3. The standard InChI is InChI=1S/C18H26N2O2/c1-2-14-5-7-15(8-6-14)17-13-19-9-10-20(17)18(21)12-16-4-3-11-22-16/h5-8,16-17,19H,2-4,9-13H2,1H3. The SMILES string of the molecule is CCc1ccc(C2CNCCN2C(=O)CC2CCCO2)cc1. The molecule has 2 atom stereocenters. The number of nitrogens with zero attached hydrogens (tertiary/aromatic N) is 1. The second kappa shape index (κ2) is 7.25. The molecule has 1 aromatic carbocycles. The van der Waals surface area contributed by atoms with E-state index in [0.29, 0.717) is 6.42 Å². The third kappa shape index (κ3) is 3.50. The summed E-state index contributed by atoms with van der Waals surface area (Å²) < 4.78 is 5.62. The van der Waals surface area contributed by atoms with E-state index in [1.807, 2.05) is 4.90 Å². The fraction of sp³-hybridized carbons (Fsp3) is 0.611. The molecular weight excluding hydrogens is 276 g/mol. The van der Waals surface area contributed by atoms with Crippen LogP contribution in [-0.4, -0.2) is 43.2 Å². The zero-order valence-corrected chi connectivity index (χ0v) is 13.4. The molecule has 2 unspecified atom stereocenters. The molecule has 0 bridgehead atoms. The average Bonchev–Trinajstić information content (AvgIpc) is 3.08. The lowest BCUT2D eigenvalue weighted by atomic mass is 10.00. The molecule has 22 heavy (non-hydrogen) atoms. The zero-order chi connectivity index (χ0) is 15.4.